The van der Waals surface area contributed by atoms with Crippen LogP contribution >= 0.6 is 0 Å². The van der Waals surface area contributed by atoms with Gasteiger partial charge in [0.25, 0.3) is 0 Å². The van der Waals surface area contributed by atoms with Crippen LogP contribution in [0, 0.1) is 12.8 Å². The minimum absolute atomic E-state index is 0.0606. The van der Waals surface area contributed by atoms with Gasteiger partial charge in [-0.3, -0.25) is 4.98 Å². The molecule has 1 aromatic heterocycles. The Balaban J connectivity index is 1.92. The molecule has 1 aromatic rings. The SMILES string of the molecule is Cc1cc(NC(=O)NC2CCCCCC2CO)ccn1. The quantitative estimate of drug-likeness (QED) is 0.743. The van der Waals surface area contributed by atoms with Crippen molar-refractivity contribution in [2.45, 2.75) is 45.1 Å². The van der Waals surface area contributed by atoms with Gasteiger partial charge in [0, 0.05) is 36.1 Å². The molecule has 5 nitrogen and oxygen atoms in total. The van der Waals surface area contributed by atoms with Crippen LogP contribution in [0.5, 0.6) is 0 Å². The summed E-state index contributed by atoms with van der Waals surface area (Å²) in [4.78, 5) is 16.1. The number of nitrogens with one attached hydrogen (secondary N) is 2. The fraction of sp³-hybridized carbons (Fsp3) is 0.600. The van der Waals surface area contributed by atoms with E-state index in [1.165, 1.54) is 6.42 Å². The standard InChI is InChI=1S/C15H23N3O2/c1-11-9-13(7-8-16-11)17-15(20)18-14-6-4-2-3-5-12(14)10-19/h7-9,12,14,19H,2-6,10H2,1H3,(H2,16,17,18,20). The van der Waals surface area contributed by atoms with Crippen molar-refractivity contribution in [1.29, 1.82) is 0 Å². The van der Waals surface area contributed by atoms with Crippen LogP contribution in [-0.4, -0.2) is 28.8 Å². The van der Waals surface area contributed by atoms with Crippen molar-refractivity contribution in [1.82, 2.24) is 10.3 Å². The molecule has 0 bridgehead atoms. The molecule has 3 N–H and O–H groups in total. The predicted octanol–water partition coefficient (Wildman–Crippen LogP) is 2.45. The van der Waals surface area contributed by atoms with Crippen LogP contribution in [0.25, 0.3) is 0 Å². The zero-order chi connectivity index (χ0) is 14.4. The Kier molecular flexibility index (Phi) is 5.35. The maximum atomic E-state index is 12.0. The molecule has 5 heteroatoms. The van der Waals surface area contributed by atoms with Crippen LogP contribution in [-0.2, 0) is 0 Å². The fourth-order valence-electron chi connectivity index (χ4n) is 2.75. The van der Waals surface area contributed by atoms with Crippen molar-refractivity contribution >= 4 is 11.7 Å². The van der Waals surface area contributed by atoms with Crippen LogP contribution in [0.15, 0.2) is 18.3 Å². The minimum atomic E-state index is -0.207. The van der Waals surface area contributed by atoms with E-state index in [9.17, 15) is 9.90 Å². The third kappa shape index (κ3) is 4.20. The maximum Gasteiger partial charge on any atom is 0.319 e. The summed E-state index contributed by atoms with van der Waals surface area (Å²) in [5.74, 6) is 0.169. The summed E-state index contributed by atoms with van der Waals surface area (Å²) in [7, 11) is 0. The lowest BCUT2D eigenvalue weighted by Gasteiger charge is -2.24. The molecule has 1 aliphatic carbocycles. The number of carbonyl (C=O) groups excluding carboxylic acids is 1. The van der Waals surface area contributed by atoms with Gasteiger partial charge in [-0.2, -0.15) is 0 Å². The lowest BCUT2D eigenvalue weighted by molar-refractivity contribution is 0.182. The topological polar surface area (TPSA) is 74.2 Å². The van der Waals surface area contributed by atoms with Crippen molar-refractivity contribution in [3.05, 3.63) is 24.0 Å². The molecule has 20 heavy (non-hydrogen) atoms. The van der Waals surface area contributed by atoms with Crippen LogP contribution in [0.2, 0.25) is 0 Å². The Morgan fingerprint density at radius 2 is 2.20 bits per heavy atom. The number of anilines is 1. The number of hydrogen-bond donors (Lipinski definition) is 3. The molecule has 110 valence electrons. The van der Waals surface area contributed by atoms with E-state index in [0.717, 1.165) is 37.1 Å². The second-order valence-electron chi connectivity index (χ2n) is 5.47. The largest absolute Gasteiger partial charge is 0.396 e. The molecule has 0 aliphatic heterocycles. The number of carbonyl (C=O) groups is 1. The molecule has 2 unspecified atom stereocenters. The molecular weight excluding hydrogens is 254 g/mol. The number of rotatable bonds is 3. The van der Waals surface area contributed by atoms with E-state index in [2.05, 4.69) is 15.6 Å². The number of aliphatic hydroxyl groups is 1. The van der Waals surface area contributed by atoms with E-state index >= 15 is 0 Å². The molecule has 2 amide bonds. The second kappa shape index (κ2) is 7.24. The smallest absolute Gasteiger partial charge is 0.319 e. The van der Waals surface area contributed by atoms with Crippen molar-refractivity contribution in [2.75, 3.05) is 11.9 Å². The first-order chi connectivity index (χ1) is 9.69. The summed E-state index contributed by atoms with van der Waals surface area (Å²) in [6.45, 7) is 2.02. The number of urea groups is 1. The molecule has 1 saturated carbocycles. The number of amides is 2. The molecule has 2 atom stereocenters. The average molecular weight is 277 g/mol. The number of aliphatic hydroxyl groups excluding tert-OH is 1. The average Bonchev–Trinajstić information content (AvgIpc) is 2.63. The molecule has 1 fully saturated rings. The molecule has 2 rings (SSSR count). The van der Waals surface area contributed by atoms with Crippen molar-refractivity contribution in [3.63, 3.8) is 0 Å². The van der Waals surface area contributed by atoms with E-state index in [1.54, 1.807) is 12.3 Å². The van der Waals surface area contributed by atoms with Crippen LogP contribution in [0.1, 0.15) is 37.8 Å². The third-order valence-corrected chi connectivity index (χ3v) is 3.86. The number of hydrogen-bond acceptors (Lipinski definition) is 3. The van der Waals surface area contributed by atoms with Gasteiger partial charge in [-0.25, -0.2) is 4.79 Å². The molecular formula is C15H23N3O2. The van der Waals surface area contributed by atoms with Gasteiger partial charge in [0.2, 0.25) is 0 Å². The van der Waals surface area contributed by atoms with Gasteiger partial charge < -0.3 is 15.7 Å². The monoisotopic (exact) mass is 277 g/mol. The van der Waals surface area contributed by atoms with Crippen LogP contribution < -0.4 is 10.6 Å². The van der Waals surface area contributed by atoms with Crippen LogP contribution in [0.4, 0.5) is 10.5 Å². The molecule has 0 saturated heterocycles. The summed E-state index contributed by atoms with van der Waals surface area (Å²) in [5.41, 5.74) is 1.61. The highest BCUT2D eigenvalue weighted by atomic mass is 16.3. The van der Waals surface area contributed by atoms with Gasteiger partial charge in [-0.05, 0) is 31.9 Å². The summed E-state index contributed by atoms with van der Waals surface area (Å²) < 4.78 is 0. The Morgan fingerprint density at radius 3 is 2.95 bits per heavy atom. The molecule has 1 heterocycles. The Labute approximate surface area is 119 Å². The van der Waals surface area contributed by atoms with Crippen molar-refractivity contribution < 1.29 is 9.90 Å². The van der Waals surface area contributed by atoms with Gasteiger partial charge in [0.05, 0.1) is 0 Å². The lowest BCUT2D eigenvalue weighted by Crippen LogP contribution is -2.43. The summed E-state index contributed by atoms with van der Waals surface area (Å²) in [6.07, 6.45) is 7.02. The maximum absolute atomic E-state index is 12.0. The number of aryl methyl sites for hydroxylation is 1. The normalized spacial score (nSPS) is 22.9. The van der Waals surface area contributed by atoms with Gasteiger partial charge in [-0.1, -0.05) is 19.3 Å². The molecule has 0 spiro atoms. The highest BCUT2D eigenvalue weighted by molar-refractivity contribution is 5.89. The van der Waals surface area contributed by atoms with Gasteiger partial charge in [0.1, 0.15) is 0 Å². The van der Waals surface area contributed by atoms with Crippen LogP contribution in [0.3, 0.4) is 0 Å². The number of aromatic nitrogens is 1. The molecule has 0 radical (unpaired) electrons. The van der Waals surface area contributed by atoms with Gasteiger partial charge in [-0.15, -0.1) is 0 Å². The van der Waals surface area contributed by atoms with E-state index in [4.69, 9.17) is 0 Å². The highest BCUT2D eigenvalue weighted by Gasteiger charge is 2.24. The Hall–Kier alpha value is -1.62. The first kappa shape index (κ1) is 14.8. The zero-order valence-electron chi connectivity index (χ0n) is 11.9. The predicted molar refractivity (Wildman–Crippen MR) is 78.6 cm³/mol. The Bertz CT molecular complexity index is 450. The van der Waals surface area contributed by atoms with E-state index in [0.29, 0.717) is 0 Å². The fourth-order valence-corrected chi connectivity index (χ4v) is 2.75. The number of pyridine rings is 1. The first-order valence-corrected chi connectivity index (χ1v) is 7.30. The lowest BCUT2D eigenvalue weighted by atomic mass is 9.96. The second-order valence-corrected chi connectivity index (χ2v) is 5.47. The third-order valence-electron chi connectivity index (χ3n) is 3.86. The van der Waals surface area contributed by atoms with E-state index in [-0.39, 0.29) is 24.6 Å². The summed E-state index contributed by atoms with van der Waals surface area (Å²) in [5, 5.41) is 15.3. The van der Waals surface area contributed by atoms with E-state index in [1.807, 2.05) is 13.0 Å². The van der Waals surface area contributed by atoms with Crippen molar-refractivity contribution in [2.24, 2.45) is 5.92 Å². The van der Waals surface area contributed by atoms with E-state index < -0.39 is 0 Å². The molecule has 1 aliphatic rings. The highest BCUT2D eigenvalue weighted by Crippen LogP contribution is 2.23. The summed E-state index contributed by atoms with van der Waals surface area (Å²) in [6, 6.07) is 3.45. The summed E-state index contributed by atoms with van der Waals surface area (Å²) >= 11 is 0. The molecule has 0 aromatic carbocycles. The zero-order valence-corrected chi connectivity index (χ0v) is 11.9. The number of nitrogens with zero attached hydrogens (tertiary/aromatic N) is 1. The van der Waals surface area contributed by atoms with Crippen molar-refractivity contribution in [3.8, 4) is 0 Å². The minimum Gasteiger partial charge on any atom is -0.396 e. The first-order valence-electron chi connectivity index (χ1n) is 7.30. The van der Waals surface area contributed by atoms with Gasteiger partial charge >= 0.3 is 6.03 Å². The van der Waals surface area contributed by atoms with Gasteiger partial charge in [0.15, 0.2) is 0 Å². The Morgan fingerprint density at radius 1 is 1.40 bits per heavy atom.